The summed E-state index contributed by atoms with van der Waals surface area (Å²) in [5.41, 5.74) is 6.90. The second-order valence-electron chi connectivity index (χ2n) is 7.99. The first-order valence-corrected chi connectivity index (χ1v) is 10.2. The van der Waals surface area contributed by atoms with Crippen LogP contribution in [-0.2, 0) is 31.2 Å². The zero-order valence-corrected chi connectivity index (χ0v) is 17.1. The van der Waals surface area contributed by atoms with Gasteiger partial charge in [0.2, 0.25) is 5.91 Å². The second-order valence-corrected chi connectivity index (χ2v) is 7.99. The van der Waals surface area contributed by atoms with Gasteiger partial charge in [-0.2, -0.15) is 15.5 Å². The van der Waals surface area contributed by atoms with Gasteiger partial charge in [0.05, 0.1) is 24.4 Å². The number of nitrogens with one attached hydrogen (secondary N) is 1. The van der Waals surface area contributed by atoms with Crippen molar-refractivity contribution in [2.24, 2.45) is 7.05 Å². The quantitative estimate of drug-likeness (QED) is 0.713. The predicted molar refractivity (Wildman–Crippen MR) is 112 cm³/mol. The van der Waals surface area contributed by atoms with E-state index in [-0.39, 0.29) is 5.91 Å². The monoisotopic (exact) mass is 401 g/mol. The second kappa shape index (κ2) is 7.02. The number of aromatic amines is 1. The van der Waals surface area contributed by atoms with Crippen molar-refractivity contribution in [1.82, 2.24) is 24.9 Å². The molecular weight excluding hydrogens is 378 g/mol. The van der Waals surface area contributed by atoms with Crippen LogP contribution < -0.4 is 4.90 Å². The molecule has 0 radical (unpaired) electrons. The summed E-state index contributed by atoms with van der Waals surface area (Å²) in [5, 5.41) is 21.9. The molecule has 0 spiro atoms. The summed E-state index contributed by atoms with van der Waals surface area (Å²) in [6.07, 6.45) is 6.47. The molecule has 2 aromatic heterocycles. The molecule has 0 fully saturated rings. The molecule has 2 aliphatic heterocycles. The van der Waals surface area contributed by atoms with Crippen LogP contribution in [0, 0.1) is 11.3 Å². The largest absolute Gasteiger partial charge is 0.338 e. The Labute approximate surface area is 174 Å². The summed E-state index contributed by atoms with van der Waals surface area (Å²) in [6, 6.07) is 6.46. The zero-order chi connectivity index (χ0) is 20.8. The fraction of sp³-hybridized carbons (Fsp3) is 0.364. The van der Waals surface area contributed by atoms with E-state index >= 15 is 0 Å². The number of carbonyl (C=O) groups is 1. The average Bonchev–Trinajstić information content (AvgIpc) is 3.38. The third kappa shape index (κ3) is 2.94. The van der Waals surface area contributed by atoms with Crippen LogP contribution in [0.1, 0.15) is 35.7 Å². The maximum atomic E-state index is 11.9. The molecule has 3 aromatic rings. The van der Waals surface area contributed by atoms with Gasteiger partial charge in [0.25, 0.3) is 0 Å². The van der Waals surface area contributed by atoms with E-state index in [0.29, 0.717) is 18.7 Å². The number of rotatable bonds is 2. The number of aromatic nitrogens is 4. The van der Waals surface area contributed by atoms with Crippen molar-refractivity contribution < 1.29 is 4.79 Å². The Morgan fingerprint density at radius 2 is 2.13 bits per heavy atom. The number of anilines is 2. The van der Waals surface area contributed by atoms with Gasteiger partial charge in [0, 0.05) is 67.8 Å². The van der Waals surface area contributed by atoms with Crippen LogP contribution in [0.4, 0.5) is 11.5 Å². The lowest BCUT2D eigenvalue weighted by Gasteiger charge is -2.33. The number of nitrogens with zero attached hydrogens (tertiary/aromatic N) is 6. The highest BCUT2D eigenvalue weighted by Crippen LogP contribution is 2.39. The number of H-pyrrole nitrogens is 1. The third-order valence-corrected chi connectivity index (χ3v) is 6.09. The molecule has 1 aromatic carbocycles. The molecule has 8 nitrogen and oxygen atoms in total. The van der Waals surface area contributed by atoms with Crippen molar-refractivity contribution in [1.29, 1.82) is 5.26 Å². The Morgan fingerprint density at radius 1 is 1.27 bits per heavy atom. The fourth-order valence-corrected chi connectivity index (χ4v) is 4.52. The molecule has 30 heavy (non-hydrogen) atoms. The summed E-state index contributed by atoms with van der Waals surface area (Å²) in [7, 11) is 1.88. The van der Waals surface area contributed by atoms with E-state index in [1.807, 2.05) is 24.2 Å². The molecule has 5 rings (SSSR count). The molecule has 1 amide bonds. The number of nitriles is 1. The molecule has 0 saturated heterocycles. The topological polar surface area (TPSA) is 93.8 Å². The van der Waals surface area contributed by atoms with E-state index in [1.165, 1.54) is 5.56 Å². The SMILES string of the molecule is CC(=O)N1CCc2[nH]nc(N3CCCc4cc(-c5cnn(C)c5)c(C#N)cc43)c2C1. The average molecular weight is 401 g/mol. The molecule has 0 atom stereocenters. The number of amides is 1. The van der Waals surface area contributed by atoms with Crippen LogP contribution in [-0.4, -0.2) is 43.9 Å². The van der Waals surface area contributed by atoms with Crippen molar-refractivity contribution in [3.8, 4) is 17.2 Å². The van der Waals surface area contributed by atoms with Gasteiger partial charge in [-0.3, -0.25) is 14.6 Å². The molecule has 0 aliphatic carbocycles. The van der Waals surface area contributed by atoms with E-state index in [2.05, 4.69) is 32.3 Å². The molecule has 8 heteroatoms. The first-order valence-electron chi connectivity index (χ1n) is 10.2. The molecule has 2 aliphatic rings. The first-order chi connectivity index (χ1) is 14.5. The summed E-state index contributed by atoms with van der Waals surface area (Å²) >= 11 is 0. The maximum absolute atomic E-state index is 11.9. The molecule has 0 bridgehead atoms. The molecule has 1 N–H and O–H groups in total. The van der Waals surface area contributed by atoms with Crippen molar-refractivity contribution >= 4 is 17.4 Å². The molecular formula is C22H23N7O. The van der Waals surface area contributed by atoms with E-state index in [4.69, 9.17) is 0 Å². The van der Waals surface area contributed by atoms with Gasteiger partial charge in [-0.15, -0.1) is 0 Å². The normalized spacial score (nSPS) is 15.5. The summed E-state index contributed by atoms with van der Waals surface area (Å²) < 4.78 is 1.75. The number of carbonyl (C=O) groups excluding carboxylic acids is 1. The third-order valence-electron chi connectivity index (χ3n) is 6.09. The Balaban J connectivity index is 1.58. The lowest BCUT2D eigenvalue weighted by atomic mass is 9.93. The molecule has 4 heterocycles. The predicted octanol–water partition coefficient (Wildman–Crippen LogP) is 2.67. The van der Waals surface area contributed by atoms with Crippen LogP contribution in [0.2, 0.25) is 0 Å². The van der Waals surface area contributed by atoms with Crippen molar-refractivity contribution in [3.63, 3.8) is 0 Å². The molecule has 0 unspecified atom stereocenters. The maximum Gasteiger partial charge on any atom is 0.219 e. The Hall–Kier alpha value is -3.60. The molecule has 0 saturated carbocycles. The number of hydrogen-bond donors (Lipinski definition) is 1. The van der Waals surface area contributed by atoms with Gasteiger partial charge >= 0.3 is 0 Å². The van der Waals surface area contributed by atoms with Crippen LogP contribution in [0.3, 0.4) is 0 Å². The number of aryl methyl sites for hydroxylation is 2. The number of benzene rings is 1. The van der Waals surface area contributed by atoms with Crippen LogP contribution >= 0.6 is 0 Å². The first kappa shape index (κ1) is 18.4. The summed E-state index contributed by atoms with van der Waals surface area (Å²) in [4.78, 5) is 16.0. The Bertz CT molecular complexity index is 1180. The zero-order valence-electron chi connectivity index (χ0n) is 17.1. The smallest absolute Gasteiger partial charge is 0.219 e. The van der Waals surface area contributed by atoms with Crippen LogP contribution in [0.5, 0.6) is 0 Å². The van der Waals surface area contributed by atoms with E-state index in [9.17, 15) is 10.1 Å². The van der Waals surface area contributed by atoms with E-state index in [0.717, 1.165) is 59.7 Å². The van der Waals surface area contributed by atoms with Crippen molar-refractivity contribution in [2.45, 2.75) is 32.7 Å². The molecule has 152 valence electrons. The summed E-state index contributed by atoms with van der Waals surface area (Å²) in [5.74, 6) is 0.953. The standard InChI is InChI=1S/C22H23N7O/c1-14(30)28-7-5-20-19(13-28)22(26-25-20)29-6-3-4-15-8-18(16(10-23)9-21(15)29)17-11-24-27(2)12-17/h8-9,11-12H,3-7,13H2,1-2H3,(H,25,26). The van der Waals surface area contributed by atoms with Gasteiger partial charge < -0.3 is 9.80 Å². The lowest BCUT2D eigenvalue weighted by Crippen LogP contribution is -2.35. The number of fused-ring (bicyclic) bond motifs is 2. The van der Waals surface area contributed by atoms with Gasteiger partial charge in [-0.1, -0.05) is 0 Å². The minimum Gasteiger partial charge on any atom is -0.338 e. The minimum atomic E-state index is 0.0831. The number of hydrogen-bond acceptors (Lipinski definition) is 5. The van der Waals surface area contributed by atoms with Crippen LogP contribution in [0.15, 0.2) is 24.5 Å². The van der Waals surface area contributed by atoms with Gasteiger partial charge in [0.15, 0.2) is 5.82 Å². The van der Waals surface area contributed by atoms with E-state index < -0.39 is 0 Å². The lowest BCUT2D eigenvalue weighted by molar-refractivity contribution is -0.129. The summed E-state index contributed by atoms with van der Waals surface area (Å²) in [6.45, 7) is 3.73. The highest BCUT2D eigenvalue weighted by molar-refractivity contribution is 5.79. The fourth-order valence-electron chi connectivity index (χ4n) is 4.52. The van der Waals surface area contributed by atoms with Crippen molar-refractivity contribution in [2.75, 3.05) is 18.0 Å². The van der Waals surface area contributed by atoms with Gasteiger partial charge in [-0.25, -0.2) is 0 Å². The minimum absolute atomic E-state index is 0.0831. The van der Waals surface area contributed by atoms with Gasteiger partial charge in [0.1, 0.15) is 0 Å². The van der Waals surface area contributed by atoms with Crippen LogP contribution in [0.25, 0.3) is 11.1 Å². The Kier molecular flexibility index (Phi) is 4.31. The highest BCUT2D eigenvalue weighted by Gasteiger charge is 2.29. The van der Waals surface area contributed by atoms with Crippen molar-refractivity contribution in [3.05, 3.63) is 46.9 Å². The highest BCUT2D eigenvalue weighted by atomic mass is 16.2. The van der Waals surface area contributed by atoms with Gasteiger partial charge in [-0.05, 0) is 30.5 Å². The van der Waals surface area contributed by atoms with E-state index in [1.54, 1.807) is 17.8 Å². The Morgan fingerprint density at radius 3 is 2.87 bits per heavy atom.